The molecule has 0 rings (SSSR count). The Labute approximate surface area is 48.4 Å². The Balaban J connectivity index is 3.49. The zero-order chi connectivity index (χ0) is 6.41. The van der Waals surface area contributed by atoms with Crippen LogP contribution in [0.4, 0.5) is 0 Å². The van der Waals surface area contributed by atoms with Crippen LogP contribution in [0.25, 0.3) is 0 Å². The van der Waals surface area contributed by atoms with E-state index < -0.39 is 0 Å². The molecule has 0 aromatic heterocycles. The molecular formula is C4H9N4+. The van der Waals surface area contributed by atoms with Gasteiger partial charge in [0.25, 0.3) is 0 Å². The van der Waals surface area contributed by atoms with E-state index in [1.54, 1.807) is 13.2 Å². The van der Waals surface area contributed by atoms with Crippen molar-refractivity contribution < 1.29 is 4.81 Å². The Morgan fingerprint density at radius 2 is 2.50 bits per heavy atom. The molecule has 0 atom stereocenters. The Hall–Kier alpha value is -1.11. The van der Waals surface area contributed by atoms with Gasteiger partial charge in [-0.15, -0.1) is 0 Å². The fourth-order valence-corrected chi connectivity index (χ4v) is 0.320. The SMILES string of the molecule is CCN=[N+](C)NC#N. The quantitative estimate of drug-likeness (QED) is 0.181. The van der Waals surface area contributed by atoms with Gasteiger partial charge in [-0.25, -0.2) is 0 Å². The van der Waals surface area contributed by atoms with Crippen molar-refractivity contribution in [3.05, 3.63) is 0 Å². The lowest BCUT2D eigenvalue weighted by molar-refractivity contribution is -0.612. The molecule has 44 valence electrons. The number of nitrogens with zero attached hydrogens (tertiary/aromatic N) is 3. The average molecular weight is 113 g/mol. The van der Waals surface area contributed by atoms with Gasteiger partial charge in [0.1, 0.15) is 6.54 Å². The lowest BCUT2D eigenvalue weighted by Crippen LogP contribution is -2.17. The molecule has 0 fully saturated rings. The van der Waals surface area contributed by atoms with E-state index in [-0.39, 0.29) is 0 Å². The van der Waals surface area contributed by atoms with Crippen LogP contribution in [0.3, 0.4) is 0 Å². The Kier molecular flexibility index (Phi) is 3.50. The summed E-state index contributed by atoms with van der Waals surface area (Å²) in [6.45, 7) is 2.58. The van der Waals surface area contributed by atoms with Crippen LogP contribution in [0, 0.1) is 11.5 Å². The van der Waals surface area contributed by atoms with E-state index in [1.807, 2.05) is 6.92 Å². The lowest BCUT2D eigenvalue weighted by atomic mass is 10.8. The number of hydrogen-bond donors (Lipinski definition) is 1. The fourth-order valence-electron chi connectivity index (χ4n) is 0.320. The Morgan fingerprint density at radius 3 is 2.88 bits per heavy atom. The van der Waals surface area contributed by atoms with Crippen LogP contribution in [-0.2, 0) is 0 Å². The van der Waals surface area contributed by atoms with E-state index in [4.69, 9.17) is 5.26 Å². The maximum atomic E-state index is 8.00. The molecule has 0 bridgehead atoms. The molecule has 0 aliphatic carbocycles. The highest BCUT2D eigenvalue weighted by Crippen LogP contribution is 1.64. The number of nitriles is 1. The van der Waals surface area contributed by atoms with Gasteiger partial charge in [-0.2, -0.15) is 5.26 Å². The van der Waals surface area contributed by atoms with Crippen LogP contribution in [-0.4, -0.2) is 18.4 Å². The molecule has 0 aromatic rings. The maximum absolute atomic E-state index is 8.00. The lowest BCUT2D eigenvalue weighted by Gasteiger charge is -1.81. The van der Waals surface area contributed by atoms with Crippen molar-refractivity contribution in [1.29, 1.82) is 5.26 Å². The number of azo groups is 1. The minimum Gasteiger partial charge on any atom is -0.167 e. The number of hydrogen-bond acceptors (Lipinski definition) is 2. The predicted octanol–water partition coefficient (Wildman–Crippen LogP) is 0.0865. The molecule has 4 nitrogen and oxygen atoms in total. The zero-order valence-electron chi connectivity index (χ0n) is 5.05. The molecule has 0 unspecified atom stereocenters. The largest absolute Gasteiger partial charge is 0.238 e. The van der Waals surface area contributed by atoms with Crippen LogP contribution in [0.2, 0.25) is 0 Å². The summed E-state index contributed by atoms with van der Waals surface area (Å²) in [5.74, 6) is 0. The summed E-state index contributed by atoms with van der Waals surface area (Å²) in [6, 6.07) is 0. The van der Waals surface area contributed by atoms with Gasteiger partial charge in [-0.05, 0) is 16.8 Å². The summed E-state index contributed by atoms with van der Waals surface area (Å²) in [6.07, 6.45) is 1.73. The Morgan fingerprint density at radius 1 is 1.88 bits per heavy atom. The smallest absolute Gasteiger partial charge is 0.167 e. The van der Waals surface area contributed by atoms with Crippen molar-refractivity contribution in [1.82, 2.24) is 5.43 Å². The topological polar surface area (TPSA) is 51.2 Å². The third kappa shape index (κ3) is 3.09. The third-order valence-corrected chi connectivity index (χ3v) is 0.565. The molecule has 0 spiro atoms. The summed E-state index contributed by atoms with van der Waals surface area (Å²) < 4.78 is 0. The van der Waals surface area contributed by atoms with Gasteiger partial charge in [0.05, 0.1) is 0 Å². The highest BCUT2D eigenvalue weighted by molar-refractivity contribution is 4.50. The van der Waals surface area contributed by atoms with Gasteiger partial charge in [-0.3, -0.25) is 0 Å². The van der Waals surface area contributed by atoms with Gasteiger partial charge < -0.3 is 0 Å². The highest BCUT2D eigenvalue weighted by Gasteiger charge is 1.87. The van der Waals surface area contributed by atoms with Gasteiger partial charge in [0.2, 0.25) is 6.19 Å². The van der Waals surface area contributed by atoms with Crippen molar-refractivity contribution in [2.75, 3.05) is 13.6 Å². The molecule has 0 radical (unpaired) electrons. The molecule has 0 amide bonds. The van der Waals surface area contributed by atoms with Crippen molar-refractivity contribution in [3.63, 3.8) is 0 Å². The summed E-state index contributed by atoms with van der Waals surface area (Å²) in [5, 5.41) is 11.8. The Bertz CT molecular complexity index is 120. The number of hydrazine groups is 1. The molecule has 0 saturated carbocycles. The molecule has 0 aliphatic heterocycles. The summed E-state index contributed by atoms with van der Waals surface area (Å²) in [7, 11) is 1.67. The molecule has 0 aliphatic rings. The van der Waals surface area contributed by atoms with Crippen molar-refractivity contribution in [3.8, 4) is 6.19 Å². The molecule has 0 heterocycles. The monoisotopic (exact) mass is 113 g/mol. The van der Waals surface area contributed by atoms with Gasteiger partial charge in [0, 0.05) is 0 Å². The standard InChI is InChI=1S/C4H9N4/c1-3-6-8(2)7-4-5/h3H2,1-2H3,(H,6,7)/q+1. The van der Waals surface area contributed by atoms with Crippen LogP contribution in [0.5, 0.6) is 0 Å². The molecule has 1 N–H and O–H groups in total. The average Bonchev–Trinajstić information content (AvgIpc) is 1.68. The number of rotatable bonds is 2. The minimum atomic E-state index is 0.686. The molecular weight excluding hydrogens is 104 g/mol. The van der Waals surface area contributed by atoms with E-state index >= 15 is 0 Å². The first-order chi connectivity index (χ1) is 3.81. The van der Waals surface area contributed by atoms with E-state index in [9.17, 15) is 0 Å². The van der Waals surface area contributed by atoms with Gasteiger partial charge in [0.15, 0.2) is 7.05 Å². The normalized spacial score (nSPS) is 10.4. The number of nitrogens with one attached hydrogen (secondary N) is 1. The van der Waals surface area contributed by atoms with E-state index in [2.05, 4.69) is 10.5 Å². The van der Waals surface area contributed by atoms with Crippen LogP contribution in [0.15, 0.2) is 5.11 Å². The minimum absolute atomic E-state index is 0.686. The highest BCUT2D eigenvalue weighted by atomic mass is 15.5. The van der Waals surface area contributed by atoms with Crippen LogP contribution >= 0.6 is 0 Å². The second kappa shape index (κ2) is 4.06. The first kappa shape index (κ1) is 6.89. The second-order valence-corrected chi connectivity index (χ2v) is 1.20. The maximum Gasteiger partial charge on any atom is 0.238 e. The molecule has 0 saturated heterocycles. The predicted molar refractivity (Wildman–Crippen MR) is 27.9 cm³/mol. The third-order valence-electron chi connectivity index (χ3n) is 0.565. The molecule has 8 heavy (non-hydrogen) atoms. The molecule has 4 heteroatoms. The zero-order valence-corrected chi connectivity index (χ0v) is 5.05. The van der Waals surface area contributed by atoms with Crippen molar-refractivity contribution >= 4 is 0 Å². The second-order valence-electron chi connectivity index (χ2n) is 1.20. The fraction of sp³-hybridized carbons (Fsp3) is 0.750. The summed E-state index contributed by atoms with van der Waals surface area (Å²) in [5.41, 5.74) is 2.32. The van der Waals surface area contributed by atoms with E-state index in [1.165, 1.54) is 4.81 Å². The molecule has 0 aromatic carbocycles. The van der Waals surface area contributed by atoms with E-state index in [0.29, 0.717) is 6.54 Å². The van der Waals surface area contributed by atoms with Gasteiger partial charge in [-0.1, -0.05) is 5.43 Å². The van der Waals surface area contributed by atoms with Gasteiger partial charge >= 0.3 is 0 Å². The van der Waals surface area contributed by atoms with E-state index in [0.717, 1.165) is 0 Å². The summed E-state index contributed by atoms with van der Waals surface area (Å²) >= 11 is 0. The first-order valence-corrected chi connectivity index (χ1v) is 2.37. The summed E-state index contributed by atoms with van der Waals surface area (Å²) in [4.78, 5) is 1.38. The van der Waals surface area contributed by atoms with Crippen LogP contribution in [0.1, 0.15) is 6.92 Å². The van der Waals surface area contributed by atoms with Crippen molar-refractivity contribution in [2.45, 2.75) is 6.92 Å². The van der Waals surface area contributed by atoms with Crippen LogP contribution < -0.4 is 5.43 Å². The van der Waals surface area contributed by atoms with Crippen molar-refractivity contribution in [2.24, 2.45) is 5.11 Å². The first-order valence-electron chi connectivity index (χ1n) is 2.37.